The molecule has 0 amide bonds. The second-order valence-corrected chi connectivity index (χ2v) is 21.2. The normalized spacial score (nSPS) is 15.2. The minimum absolute atomic E-state index is 0.120. The molecule has 0 aliphatic heterocycles. The monoisotopic (exact) mass is 1040 g/mol. The van der Waals surface area contributed by atoms with Gasteiger partial charge in [-0.05, 0) is 51.4 Å². The van der Waals surface area contributed by atoms with E-state index < -0.39 is 85.5 Å². The van der Waals surface area contributed by atoms with Crippen LogP contribution in [0.2, 0.25) is 0 Å². The molecule has 0 fully saturated rings. The molecule has 0 rings (SSSR count). The predicted octanol–water partition coefficient (Wildman–Crippen LogP) is 13.2. The van der Waals surface area contributed by atoms with E-state index in [9.17, 15) is 43.8 Å². The zero-order valence-corrected chi connectivity index (χ0v) is 45.2. The zero-order chi connectivity index (χ0) is 51.7. The van der Waals surface area contributed by atoms with Crippen LogP contribution in [0.25, 0.3) is 0 Å². The number of ether oxygens (including phenoxy) is 2. The molecule has 17 heteroatoms. The largest absolute Gasteiger partial charge is 0.472 e. The minimum atomic E-state index is -4.80. The maximum atomic E-state index is 12.2. The molecule has 5 N–H and O–H groups in total. The highest BCUT2D eigenvalue weighted by Gasteiger charge is 2.28. The van der Waals surface area contributed by atoms with Gasteiger partial charge in [0, 0.05) is 12.8 Å². The Labute approximate surface area is 423 Å². The Hall–Kier alpha value is -2.00. The molecule has 0 saturated heterocycles. The molecule has 5 unspecified atom stereocenters. The van der Waals surface area contributed by atoms with Crippen molar-refractivity contribution in [2.45, 2.75) is 238 Å². The molecule has 0 aromatic carbocycles. The third-order valence-corrected chi connectivity index (χ3v) is 13.2. The average Bonchev–Trinajstić information content (AvgIpc) is 3.34. The van der Waals surface area contributed by atoms with Crippen molar-refractivity contribution in [3.8, 4) is 0 Å². The van der Waals surface area contributed by atoms with Gasteiger partial charge in [-0.2, -0.15) is 0 Å². The lowest BCUT2D eigenvalue weighted by Crippen LogP contribution is -2.25. The molecule has 0 heterocycles. The van der Waals surface area contributed by atoms with Crippen LogP contribution in [-0.4, -0.2) is 95.0 Å². The van der Waals surface area contributed by atoms with Gasteiger partial charge in [0.1, 0.15) is 31.5 Å². The number of hydrogen-bond donors (Lipinski definition) is 5. The van der Waals surface area contributed by atoms with Crippen molar-refractivity contribution in [2.75, 3.05) is 39.6 Å². The van der Waals surface area contributed by atoms with Crippen LogP contribution in [0.3, 0.4) is 0 Å². The fourth-order valence-electron chi connectivity index (χ4n) is 7.09. The van der Waals surface area contributed by atoms with Crippen molar-refractivity contribution in [1.82, 2.24) is 0 Å². The molecule has 0 bridgehead atoms. The van der Waals surface area contributed by atoms with Gasteiger partial charge in [0.25, 0.3) is 0 Å². The second kappa shape index (κ2) is 49.2. The van der Waals surface area contributed by atoms with Crippen molar-refractivity contribution in [3.05, 3.63) is 48.6 Å². The van der Waals surface area contributed by atoms with Gasteiger partial charge in [-0.3, -0.25) is 27.7 Å². The summed E-state index contributed by atoms with van der Waals surface area (Å²) in [6, 6.07) is 0. The summed E-state index contributed by atoms with van der Waals surface area (Å²) in [5, 5.41) is 30.1. The highest BCUT2D eigenvalue weighted by atomic mass is 31.2. The van der Waals surface area contributed by atoms with Gasteiger partial charge < -0.3 is 34.6 Å². The SMILES string of the molecule is CCCCC/C=C\C/C=C\C/C=C\C/C=C\CCCC(=O)OCC(O)COP(=O)(O)OCC(O)COP(=O)(O)OCC(O)COC(=O)CCCCCCCCCCCCCCCCCCCCCCC. The van der Waals surface area contributed by atoms with Crippen molar-refractivity contribution in [2.24, 2.45) is 0 Å². The number of aliphatic hydroxyl groups is 3. The summed E-state index contributed by atoms with van der Waals surface area (Å²) in [6.07, 6.45) is 48.2. The van der Waals surface area contributed by atoms with E-state index in [2.05, 4.69) is 63.9 Å². The van der Waals surface area contributed by atoms with Crippen molar-refractivity contribution in [1.29, 1.82) is 0 Å². The van der Waals surface area contributed by atoms with Gasteiger partial charge in [0.15, 0.2) is 0 Å². The van der Waals surface area contributed by atoms with E-state index >= 15 is 0 Å². The van der Waals surface area contributed by atoms with Crippen LogP contribution in [-0.2, 0) is 46.3 Å². The molecule has 5 atom stereocenters. The van der Waals surface area contributed by atoms with E-state index in [1.165, 1.54) is 128 Å². The molecule has 0 aliphatic rings. The first kappa shape index (κ1) is 68.0. The van der Waals surface area contributed by atoms with Crippen LogP contribution in [0.15, 0.2) is 48.6 Å². The summed E-state index contributed by atoms with van der Waals surface area (Å²) in [5.74, 6) is -1.04. The Morgan fingerprint density at radius 3 is 0.971 bits per heavy atom. The molecule has 0 saturated carbocycles. The highest BCUT2D eigenvalue weighted by molar-refractivity contribution is 7.47. The number of carbonyl (C=O) groups is 2. The summed E-state index contributed by atoms with van der Waals surface area (Å²) in [5.41, 5.74) is 0. The molecule has 0 radical (unpaired) electrons. The summed E-state index contributed by atoms with van der Waals surface area (Å²) < 4.78 is 53.1. The van der Waals surface area contributed by atoms with E-state index in [0.717, 1.165) is 44.9 Å². The Balaban J connectivity index is 3.86. The van der Waals surface area contributed by atoms with Crippen LogP contribution in [0.5, 0.6) is 0 Å². The highest BCUT2D eigenvalue weighted by Crippen LogP contribution is 2.45. The van der Waals surface area contributed by atoms with E-state index in [-0.39, 0.29) is 12.8 Å². The molecular formula is C53H98O15P2. The van der Waals surface area contributed by atoms with Crippen LogP contribution < -0.4 is 0 Å². The number of aliphatic hydroxyl groups excluding tert-OH is 3. The number of rotatable bonds is 52. The van der Waals surface area contributed by atoms with Crippen LogP contribution in [0.1, 0.15) is 219 Å². The van der Waals surface area contributed by atoms with Crippen molar-refractivity contribution in [3.63, 3.8) is 0 Å². The smallest absolute Gasteiger partial charge is 0.463 e. The van der Waals surface area contributed by atoms with E-state index in [1.807, 2.05) is 12.2 Å². The van der Waals surface area contributed by atoms with Gasteiger partial charge in [-0.15, -0.1) is 0 Å². The molecule has 0 aromatic heterocycles. The predicted molar refractivity (Wildman–Crippen MR) is 279 cm³/mol. The topological polar surface area (TPSA) is 225 Å². The molecule has 0 aromatic rings. The number of allylic oxidation sites excluding steroid dienone is 8. The Morgan fingerprint density at radius 2 is 0.629 bits per heavy atom. The molecule has 0 aliphatic carbocycles. The molecule has 410 valence electrons. The summed E-state index contributed by atoms with van der Waals surface area (Å²) in [7, 11) is -9.59. The lowest BCUT2D eigenvalue weighted by atomic mass is 10.0. The number of hydrogen-bond acceptors (Lipinski definition) is 13. The van der Waals surface area contributed by atoms with Gasteiger partial charge in [-0.1, -0.05) is 204 Å². The van der Waals surface area contributed by atoms with Crippen LogP contribution >= 0.6 is 15.6 Å². The van der Waals surface area contributed by atoms with Gasteiger partial charge in [0.05, 0.1) is 26.4 Å². The van der Waals surface area contributed by atoms with Gasteiger partial charge in [-0.25, -0.2) is 9.13 Å². The van der Waals surface area contributed by atoms with Crippen LogP contribution in [0.4, 0.5) is 0 Å². The number of carbonyl (C=O) groups excluding carboxylic acids is 2. The maximum absolute atomic E-state index is 12.2. The number of phosphoric ester groups is 2. The Morgan fingerprint density at radius 1 is 0.371 bits per heavy atom. The molecular weight excluding hydrogens is 939 g/mol. The summed E-state index contributed by atoms with van der Waals surface area (Å²) in [4.78, 5) is 43.8. The minimum Gasteiger partial charge on any atom is -0.463 e. The van der Waals surface area contributed by atoms with Crippen molar-refractivity contribution < 1.29 is 71.4 Å². The quantitative estimate of drug-likeness (QED) is 0.0165. The van der Waals surface area contributed by atoms with E-state index in [0.29, 0.717) is 19.3 Å². The molecule has 0 spiro atoms. The third-order valence-electron chi connectivity index (χ3n) is 11.3. The summed E-state index contributed by atoms with van der Waals surface area (Å²) >= 11 is 0. The second-order valence-electron chi connectivity index (χ2n) is 18.2. The summed E-state index contributed by atoms with van der Waals surface area (Å²) in [6.45, 7) is 0.364. The number of unbranched alkanes of at least 4 members (excludes halogenated alkanes) is 24. The van der Waals surface area contributed by atoms with Gasteiger partial charge >= 0.3 is 27.6 Å². The number of esters is 2. The fourth-order valence-corrected chi connectivity index (χ4v) is 8.68. The Kier molecular flexibility index (Phi) is 47.8. The zero-order valence-electron chi connectivity index (χ0n) is 43.4. The average molecular weight is 1040 g/mol. The Bertz CT molecular complexity index is 1440. The molecule has 15 nitrogen and oxygen atoms in total. The van der Waals surface area contributed by atoms with Crippen LogP contribution in [0, 0.1) is 0 Å². The molecule has 70 heavy (non-hydrogen) atoms. The third kappa shape index (κ3) is 50.9. The fraction of sp³-hybridized carbons (Fsp3) is 0.811. The first-order valence-corrected chi connectivity index (χ1v) is 30.0. The number of phosphoric acid groups is 2. The maximum Gasteiger partial charge on any atom is 0.472 e. The first-order valence-electron chi connectivity index (χ1n) is 27.0. The first-order chi connectivity index (χ1) is 33.8. The lowest BCUT2D eigenvalue weighted by molar-refractivity contribution is -0.148. The van der Waals surface area contributed by atoms with E-state index in [1.54, 1.807) is 0 Å². The lowest BCUT2D eigenvalue weighted by Gasteiger charge is -2.19. The van der Waals surface area contributed by atoms with Crippen molar-refractivity contribution >= 4 is 27.6 Å². The standard InChI is InChI=1S/C53H98O15P2/c1-3-5-7-9-11-13-15-17-19-21-22-23-24-26-28-30-32-34-36-38-40-42-53(58)64-44-50(55)46-66-70(61,62)68-48-51(56)47-67-69(59,60)65-45-49(54)43-63-52(57)41-39-37-35-33-31-29-27-25-20-18-16-14-12-10-8-6-4-2/h12,14,18,20,27,29,33,35,49-51,54-56H,3-11,13,15-17,19,21-26,28,30-32,34,36-48H2,1-2H3,(H,59,60)(H,61,62)/b14-12-,20-18-,29-27-,35-33-. The van der Waals surface area contributed by atoms with Gasteiger partial charge in [0.2, 0.25) is 0 Å². The van der Waals surface area contributed by atoms with E-state index in [4.69, 9.17) is 14.0 Å².